The number of alkyl halides is 3. The molecule has 0 unspecified atom stereocenters. The number of hydrogen-bond donors (Lipinski definition) is 2. The summed E-state index contributed by atoms with van der Waals surface area (Å²) in [5.74, 6) is -0.602. The number of rotatable bonds is 6. The number of hydrogen-bond acceptors (Lipinski definition) is 7. The third kappa shape index (κ3) is 4.92. The van der Waals surface area contributed by atoms with Crippen LogP contribution in [0.2, 0.25) is 5.02 Å². The first kappa shape index (κ1) is 21.8. The zero-order chi connectivity index (χ0) is 22.9. The van der Waals surface area contributed by atoms with Crippen molar-refractivity contribution >= 4 is 17.5 Å². The van der Waals surface area contributed by atoms with Gasteiger partial charge < -0.3 is 15.2 Å². The summed E-state index contributed by atoms with van der Waals surface area (Å²) in [6, 6.07) is 9.82. The molecule has 0 saturated carbocycles. The van der Waals surface area contributed by atoms with Crippen LogP contribution in [0.1, 0.15) is 24.4 Å². The Hall–Kier alpha value is -3.38. The first-order chi connectivity index (χ1) is 15.2. The van der Waals surface area contributed by atoms with Crippen LogP contribution >= 0.6 is 11.6 Å². The highest BCUT2D eigenvalue weighted by atomic mass is 35.5. The van der Waals surface area contributed by atoms with Crippen molar-refractivity contribution in [2.24, 2.45) is 5.73 Å². The number of nitrogens with zero attached hydrogens (tertiary/aromatic N) is 4. The van der Waals surface area contributed by atoms with E-state index in [2.05, 4.69) is 25.6 Å². The first-order valence-corrected chi connectivity index (χ1v) is 9.74. The van der Waals surface area contributed by atoms with Gasteiger partial charge in [-0.25, -0.2) is 0 Å². The van der Waals surface area contributed by atoms with Crippen molar-refractivity contribution in [3.8, 4) is 23.2 Å². The summed E-state index contributed by atoms with van der Waals surface area (Å²) in [6.07, 6.45) is -3.52. The van der Waals surface area contributed by atoms with Gasteiger partial charge in [-0.15, -0.1) is 13.2 Å². The van der Waals surface area contributed by atoms with Gasteiger partial charge in [0.2, 0.25) is 5.91 Å². The molecule has 3 aromatic rings. The molecule has 2 heterocycles. The van der Waals surface area contributed by atoms with Crippen LogP contribution in [0.5, 0.6) is 17.5 Å². The number of ether oxygens (including phenoxy) is 2. The first-order valence-electron chi connectivity index (χ1n) is 9.37. The Morgan fingerprint density at radius 2 is 1.94 bits per heavy atom. The normalized spacial score (nSPS) is 18.5. The molecule has 3 N–H and O–H groups in total. The van der Waals surface area contributed by atoms with Crippen LogP contribution in [0.25, 0.3) is 5.69 Å². The highest BCUT2D eigenvalue weighted by Gasteiger charge is 2.33. The summed E-state index contributed by atoms with van der Waals surface area (Å²) in [4.78, 5) is 11.3. The second-order valence-electron chi connectivity index (χ2n) is 6.96. The van der Waals surface area contributed by atoms with Crippen molar-refractivity contribution in [1.82, 2.24) is 25.5 Å². The van der Waals surface area contributed by atoms with Gasteiger partial charge in [0.25, 0.3) is 0 Å². The third-order valence-electron chi connectivity index (χ3n) is 4.80. The van der Waals surface area contributed by atoms with Crippen LogP contribution in [0.15, 0.2) is 42.5 Å². The van der Waals surface area contributed by atoms with Gasteiger partial charge in [0.1, 0.15) is 11.4 Å². The Kier molecular flexibility index (Phi) is 5.89. The van der Waals surface area contributed by atoms with E-state index in [4.69, 9.17) is 22.1 Å². The molecule has 1 amide bonds. The number of primary amides is 1. The molecule has 0 radical (unpaired) electrons. The zero-order valence-corrected chi connectivity index (χ0v) is 17.0. The summed E-state index contributed by atoms with van der Waals surface area (Å²) in [6.45, 7) is 0. The minimum absolute atomic E-state index is 0.0274. The van der Waals surface area contributed by atoms with Crippen LogP contribution in [-0.2, 0) is 4.79 Å². The monoisotopic (exact) mass is 468 g/mol. The number of aromatic nitrogens is 4. The number of nitrogens with two attached hydrogens (primary N) is 1. The van der Waals surface area contributed by atoms with Gasteiger partial charge in [-0.3, -0.25) is 10.1 Å². The number of carbonyl (C=O) groups excluding carboxylic acids is 1. The van der Waals surface area contributed by atoms with E-state index >= 15 is 0 Å². The van der Waals surface area contributed by atoms with Crippen molar-refractivity contribution in [1.29, 1.82) is 0 Å². The Morgan fingerprint density at radius 1 is 1.19 bits per heavy atom. The molecule has 168 valence electrons. The van der Waals surface area contributed by atoms with E-state index in [-0.39, 0.29) is 28.8 Å². The second-order valence-corrected chi connectivity index (χ2v) is 7.39. The Morgan fingerprint density at radius 3 is 2.59 bits per heavy atom. The minimum Gasteiger partial charge on any atom is -0.423 e. The van der Waals surface area contributed by atoms with Gasteiger partial charge in [-0.2, -0.15) is 4.68 Å². The summed E-state index contributed by atoms with van der Waals surface area (Å²) >= 11 is 5.93. The predicted molar refractivity (Wildman–Crippen MR) is 105 cm³/mol. The molecule has 1 aliphatic heterocycles. The highest BCUT2D eigenvalue weighted by Crippen LogP contribution is 2.34. The maximum atomic E-state index is 12.8. The quantitative estimate of drug-likeness (QED) is 0.570. The molecule has 0 aliphatic carbocycles. The lowest BCUT2D eigenvalue weighted by molar-refractivity contribution is -0.274. The SMILES string of the molecule is NC(=O)[C@@H]1CC[C@H](c2ccc(Oc3nnnn3-c3cc(Cl)ccc3OC(F)(F)F)cc2)N1. The smallest absolute Gasteiger partial charge is 0.423 e. The predicted octanol–water partition coefficient (Wildman–Crippen LogP) is 3.29. The van der Waals surface area contributed by atoms with E-state index < -0.39 is 18.0 Å². The Bertz CT molecular complexity index is 1120. The summed E-state index contributed by atoms with van der Waals surface area (Å²) in [5.41, 5.74) is 6.11. The molecular formula is C19H16ClF3N6O3. The Balaban J connectivity index is 1.54. The van der Waals surface area contributed by atoms with Crippen molar-refractivity contribution < 1.29 is 27.4 Å². The number of benzene rings is 2. The van der Waals surface area contributed by atoms with Crippen LogP contribution in [0.4, 0.5) is 13.2 Å². The molecule has 32 heavy (non-hydrogen) atoms. The lowest BCUT2D eigenvalue weighted by atomic mass is 10.1. The number of halogens is 4. The average molecular weight is 469 g/mol. The number of nitrogens with one attached hydrogen (secondary N) is 1. The maximum Gasteiger partial charge on any atom is 0.573 e. The average Bonchev–Trinajstić information content (AvgIpc) is 3.39. The molecule has 1 fully saturated rings. The van der Waals surface area contributed by atoms with E-state index in [9.17, 15) is 18.0 Å². The molecule has 4 rings (SSSR count). The number of carbonyl (C=O) groups is 1. The van der Waals surface area contributed by atoms with Crippen LogP contribution in [0.3, 0.4) is 0 Å². The lowest BCUT2D eigenvalue weighted by Crippen LogP contribution is -2.37. The maximum absolute atomic E-state index is 12.8. The molecule has 1 aromatic heterocycles. The van der Waals surface area contributed by atoms with E-state index in [1.165, 1.54) is 12.1 Å². The molecule has 13 heteroatoms. The fourth-order valence-electron chi connectivity index (χ4n) is 3.36. The topological polar surface area (TPSA) is 117 Å². The van der Waals surface area contributed by atoms with Crippen molar-refractivity contribution in [2.45, 2.75) is 31.3 Å². The molecular weight excluding hydrogens is 453 g/mol. The molecule has 1 saturated heterocycles. The number of amides is 1. The summed E-state index contributed by atoms with van der Waals surface area (Å²) in [5, 5.41) is 14.2. The fourth-order valence-corrected chi connectivity index (χ4v) is 3.53. The van der Waals surface area contributed by atoms with Gasteiger partial charge in [0, 0.05) is 11.1 Å². The van der Waals surface area contributed by atoms with E-state index in [1.807, 2.05) is 0 Å². The summed E-state index contributed by atoms with van der Waals surface area (Å²) in [7, 11) is 0. The van der Waals surface area contributed by atoms with Crippen LogP contribution in [0, 0.1) is 0 Å². The van der Waals surface area contributed by atoms with Crippen molar-refractivity contribution in [3.05, 3.63) is 53.1 Å². The molecule has 2 atom stereocenters. The third-order valence-corrected chi connectivity index (χ3v) is 5.03. The molecule has 0 bridgehead atoms. The van der Waals surface area contributed by atoms with Crippen molar-refractivity contribution in [3.63, 3.8) is 0 Å². The Labute approximate surface area is 184 Å². The molecule has 2 aromatic carbocycles. The molecule has 0 spiro atoms. The van der Waals surface area contributed by atoms with E-state index in [0.29, 0.717) is 12.2 Å². The molecule has 1 aliphatic rings. The van der Waals surface area contributed by atoms with E-state index in [1.54, 1.807) is 24.3 Å². The second kappa shape index (κ2) is 8.63. The minimum atomic E-state index is -4.92. The van der Waals surface area contributed by atoms with Crippen LogP contribution in [-0.4, -0.2) is 38.5 Å². The standard InChI is InChI=1S/C19H16ClF3N6O3/c20-11-3-8-16(32-19(21,22)23)15(9-11)29-18(26-27-28-29)31-12-4-1-10(2-5-12)13-6-7-14(25-13)17(24)30/h1-5,8-9,13-14,25H,6-7H2,(H2,24,30)/t13-,14+/m1/s1. The van der Waals surface area contributed by atoms with Gasteiger partial charge in [0.05, 0.1) is 6.04 Å². The molecule has 9 nitrogen and oxygen atoms in total. The van der Waals surface area contributed by atoms with E-state index in [0.717, 1.165) is 22.7 Å². The van der Waals surface area contributed by atoms with Gasteiger partial charge in [-0.1, -0.05) is 28.8 Å². The van der Waals surface area contributed by atoms with Gasteiger partial charge >= 0.3 is 12.4 Å². The largest absolute Gasteiger partial charge is 0.573 e. The number of tetrazole rings is 1. The van der Waals surface area contributed by atoms with Crippen LogP contribution < -0.4 is 20.5 Å². The highest BCUT2D eigenvalue weighted by molar-refractivity contribution is 6.30. The fraction of sp³-hybridized carbons (Fsp3) is 0.263. The lowest BCUT2D eigenvalue weighted by Gasteiger charge is -2.15. The van der Waals surface area contributed by atoms with Crippen molar-refractivity contribution in [2.75, 3.05) is 0 Å². The zero-order valence-electron chi connectivity index (χ0n) is 16.2. The summed E-state index contributed by atoms with van der Waals surface area (Å²) < 4.78 is 48.9. The van der Waals surface area contributed by atoms with Gasteiger partial charge in [0.15, 0.2) is 5.75 Å². The van der Waals surface area contributed by atoms with Gasteiger partial charge in [-0.05, 0) is 59.2 Å².